The van der Waals surface area contributed by atoms with Gasteiger partial charge in [0.2, 0.25) is 5.75 Å². The third-order valence-electron chi connectivity index (χ3n) is 4.34. The third kappa shape index (κ3) is 5.94. The fraction of sp³-hybridized carbons (Fsp3) is 0.409. The number of ether oxygens (including phenoxy) is 4. The second kappa shape index (κ2) is 11.0. The molecule has 7 nitrogen and oxygen atoms in total. The number of nitrogens with zero attached hydrogens (tertiary/aromatic N) is 1. The van der Waals surface area contributed by atoms with Crippen molar-refractivity contribution in [1.82, 2.24) is 5.32 Å². The zero-order valence-corrected chi connectivity index (χ0v) is 18.0. The summed E-state index contributed by atoms with van der Waals surface area (Å²) in [5.74, 6) is 3.61. The van der Waals surface area contributed by atoms with E-state index in [0.717, 1.165) is 11.4 Å². The predicted molar refractivity (Wildman–Crippen MR) is 117 cm³/mol. The average Bonchev–Trinajstić information content (AvgIpc) is 2.75. The van der Waals surface area contributed by atoms with Crippen molar-refractivity contribution in [2.24, 2.45) is 4.99 Å². The summed E-state index contributed by atoms with van der Waals surface area (Å²) in [6.45, 7) is 5.42. The van der Waals surface area contributed by atoms with Gasteiger partial charge in [0, 0.05) is 24.9 Å². The van der Waals surface area contributed by atoms with Crippen molar-refractivity contribution >= 4 is 11.6 Å². The molecule has 2 aromatic carbocycles. The second-order valence-corrected chi connectivity index (χ2v) is 6.58. The first-order chi connectivity index (χ1) is 14.0. The number of hydrogen-bond acceptors (Lipinski definition) is 5. The van der Waals surface area contributed by atoms with Crippen molar-refractivity contribution in [3.05, 3.63) is 42.0 Å². The maximum absolute atomic E-state index is 5.95. The Kier molecular flexibility index (Phi) is 8.45. The van der Waals surface area contributed by atoms with Gasteiger partial charge in [0.15, 0.2) is 17.5 Å². The molecule has 0 radical (unpaired) electrons. The SMILES string of the molecule is CN=C(NCCOc1ccccc1C(C)C)Nc1cc(OC)c(OC)c(OC)c1. The first kappa shape index (κ1) is 22.2. The molecule has 0 unspecified atom stereocenters. The zero-order chi connectivity index (χ0) is 21.2. The van der Waals surface area contributed by atoms with Crippen LogP contribution >= 0.6 is 0 Å². The van der Waals surface area contributed by atoms with Crippen LogP contribution in [0.5, 0.6) is 23.0 Å². The van der Waals surface area contributed by atoms with Crippen LogP contribution in [0, 0.1) is 0 Å². The molecule has 0 aromatic heterocycles. The van der Waals surface area contributed by atoms with Crippen molar-refractivity contribution in [2.75, 3.05) is 46.8 Å². The summed E-state index contributed by atoms with van der Waals surface area (Å²) in [7, 11) is 6.45. The molecular formula is C22H31N3O4. The lowest BCUT2D eigenvalue weighted by Crippen LogP contribution is -2.33. The first-order valence-electron chi connectivity index (χ1n) is 9.53. The van der Waals surface area contributed by atoms with E-state index in [1.165, 1.54) is 5.56 Å². The molecule has 7 heteroatoms. The fourth-order valence-corrected chi connectivity index (χ4v) is 2.89. The van der Waals surface area contributed by atoms with E-state index in [1.807, 2.05) is 30.3 Å². The largest absolute Gasteiger partial charge is 0.493 e. The molecule has 0 atom stereocenters. The predicted octanol–water partition coefficient (Wildman–Crippen LogP) is 3.90. The Morgan fingerprint density at radius 3 is 2.17 bits per heavy atom. The molecule has 0 saturated carbocycles. The van der Waals surface area contributed by atoms with Gasteiger partial charge in [-0.15, -0.1) is 0 Å². The molecule has 29 heavy (non-hydrogen) atoms. The molecular weight excluding hydrogens is 370 g/mol. The Labute approximate surface area is 173 Å². The Bertz CT molecular complexity index is 796. The topological polar surface area (TPSA) is 73.3 Å². The highest BCUT2D eigenvalue weighted by Crippen LogP contribution is 2.39. The number of anilines is 1. The monoisotopic (exact) mass is 401 g/mol. The van der Waals surface area contributed by atoms with Gasteiger partial charge in [-0.3, -0.25) is 4.99 Å². The molecule has 0 aliphatic heterocycles. The molecule has 2 aromatic rings. The molecule has 0 bridgehead atoms. The van der Waals surface area contributed by atoms with Crippen molar-refractivity contribution < 1.29 is 18.9 Å². The van der Waals surface area contributed by atoms with Gasteiger partial charge in [0.25, 0.3) is 0 Å². The molecule has 0 aliphatic rings. The number of nitrogens with one attached hydrogen (secondary N) is 2. The molecule has 0 fully saturated rings. The van der Waals surface area contributed by atoms with Crippen molar-refractivity contribution in [1.29, 1.82) is 0 Å². The highest BCUT2D eigenvalue weighted by molar-refractivity contribution is 5.94. The molecule has 0 heterocycles. The van der Waals surface area contributed by atoms with Crippen molar-refractivity contribution in [2.45, 2.75) is 19.8 Å². The minimum atomic E-state index is 0.411. The number of para-hydroxylation sites is 1. The number of guanidine groups is 1. The van der Waals surface area contributed by atoms with E-state index < -0.39 is 0 Å². The van der Waals surface area contributed by atoms with Gasteiger partial charge in [-0.2, -0.15) is 0 Å². The Morgan fingerprint density at radius 1 is 0.966 bits per heavy atom. The van der Waals surface area contributed by atoms with Crippen molar-refractivity contribution in [3.8, 4) is 23.0 Å². The number of aliphatic imine (C=N–C) groups is 1. The van der Waals surface area contributed by atoms with Gasteiger partial charge >= 0.3 is 0 Å². The van der Waals surface area contributed by atoms with E-state index in [4.69, 9.17) is 18.9 Å². The number of methoxy groups -OCH3 is 3. The fourth-order valence-electron chi connectivity index (χ4n) is 2.89. The summed E-state index contributed by atoms with van der Waals surface area (Å²) < 4.78 is 22.1. The maximum Gasteiger partial charge on any atom is 0.203 e. The second-order valence-electron chi connectivity index (χ2n) is 6.58. The number of rotatable bonds is 9. The first-order valence-corrected chi connectivity index (χ1v) is 9.53. The van der Waals surface area contributed by atoms with Crippen LogP contribution in [-0.4, -0.2) is 47.5 Å². The summed E-state index contributed by atoms with van der Waals surface area (Å²) in [5, 5.41) is 6.47. The van der Waals surface area contributed by atoms with Gasteiger partial charge < -0.3 is 29.6 Å². The lowest BCUT2D eigenvalue weighted by molar-refractivity contribution is 0.318. The van der Waals surface area contributed by atoms with Crippen LogP contribution in [0.15, 0.2) is 41.4 Å². The standard InChI is InChI=1S/C22H31N3O4/c1-15(2)17-9-7-8-10-18(17)29-12-11-24-22(23-3)25-16-13-19(26-4)21(28-6)20(14-16)27-5/h7-10,13-15H,11-12H2,1-6H3,(H2,23,24,25). The van der Waals surface area contributed by atoms with Gasteiger partial charge in [-0.25, -0.2) is 0 Å². The minimum absolute atomic E-state index is 0.411. The molecule has 2 N–H and O–H groups in total. The quantitative estimate of drug-likeness (QED) is 0.377. The Balaban J connectivity index is 1.97. The van der Waals surface area contributed by atoms with E-state index >= 15 is 0 Å². The lowest BCUT2D eigenvalue weighted by atomic mass is 10.0. The summed E-state index contributed by atoms with van der Waals surface area (Å²) in [6.07, 6.45) is 0. The van der Waals surface area contributed by atoms with Crippen LogP contribution in [0.2, 0.25) is 0 Å². The zero-order valence-electron chi connectivity index (χ0n) is 18.0. The summed E-state index contributed by atoms with van der Waals surface area (Å²) in [4.78, 5) is 4.25. The van der Waals surface area contributed by atoms with Crippen LogP contribution in [0.3, 0.4) is 0 Å². The smallest absolute Gasteiger partial charge is 0.203 e. The summed E-state index contributed by atoms with van der Waals surface area (Å²) in [5.41, 5.74) is 1.96. The van der Waals surface area contributed by atoms with Crippen LogP contribution in [0.25, 0.3) is 0 Å². The molecule has 0 spiro atoms. The summed E-state index contributed by atoms with van der Waals surface area (Å²) in [6, 6.07) is 11.8. The molecule has 2 rings (SSSR count). The van der Waals surface area contributed by atoms with Gasteiger partial charge in [-0.05, 0) is 17.5 Å². The number of benzene rings is 2. The van der Waals surface area contributed by atoms with Crippen LogP contribution in [0.4, 0.5) is 5.69 Å². The van der Waals surface area contributed by atoms with Gasteiger partial charge in [-0.1, -0.05) is 32.0 Å². The van der Waals surface area contributed by atoms with Crippen LogP contribution in [-0.2, 0) is 0 Å². The Morgan fingerprint density at radius 2 is 1.62 bits per heavy atom. The van der Waals surface area contributed by atoms with E-state index in [0.29, 0.717) is 42.3 Å². The lowest BCUT2D eigenvalue weighted by Gasteiger charge is -2.17. The average molecular weight is 402 g/mol. The molecule has 158 valence electrons. The van der Waals surface area contributed by atoms with Crippen LogP contribution in [0.1, 0.15) is 25.3 Å². The van der Waals surface area contributed by atoms with E-state index in [9.17, 15) is 0 Å². The minimum Gasteiger partial charge on any atom is -0.493 e. The third-order valence-corrected chi connectivity index (χ3v) is 4.34. The number of hydrogen-bond donors (Lipinski definition) is 2. The van der Waals surface area contributed by atoms with Crippen molar-refractivity contribution in [3.63, 3.8) is 0 Å². The van der Waals surface area contributed by atoms with Gasteiger partial charge in [0.1, 0.15) is 12.4 Å². The normalized spacial score (nSPS) is 11.2. The van der Waals surface area contributed by atoms with Gasteiger partial charge in [0.05, 0.1) is 27.9 Å². The summed E-state index contributed by atoms with van der Waals surface area (Å²) >= 11 is 0. The highest BCUT2D eigenvalue weighted by Gasteiger charge is 2.14. The highest BCUT2D eigenvalue weighted by atomic mass is 16.5. The molecule has 0 amide bonds. The maximum atomic E-state index is 5.95. The van der Waals surface area contributed by atoms with E-state index in [1.54, 1.807) is 28.4 Å². The Hall–Kier alpha value is -3.09. The molecule has 0 saturated heterocycles. The molecule has 0 aliphatic carbocycles. The van der Waals surface area contributed by atoms with E-state index in [2.05, 4.69) is 35.5 Å². The van der Waals surface area contributed by atoms with Crippen LogP contribution < -0.4 is 29.6 Å². The van der Waals surface area contributed by atoms with E-state index in [-0.39, 0.29) is 0 Å².